The van der Waals surface area contributed by atoms with Crippen molar-refractivity contribution >= 4 is 86.6 Å². The summed E-state index contributed by atoms with van der Waals surface area (Å²) in [6.07, 6.45) is 0.179. The standard InChI is InChI=1S/C47H73N11O12S2/c1-7-26(6)39-45(69)53-29(16-17-35(48)60)41(65)54-32(21-36(49)61)42(66)56-33(46(70)58-18-10-11-34(58)44(68)55-30(19-25(4)5)40(64)51-23-37(50)62)24-71-72-47(8-2,9-3)22-38(63)52-31(43(67)57-39)20-27-12-14-28(59)15-13-27/h12-15,25-26,29-34,39,59H,7-11,16-24H2,1-6H3,(H2,48,60)(H2,49,61)(H2,50,62)(H,51,64)(H,52,63)(H,53,69)(H,54,65)(H,55,68)(H,56,66)(H,57,67)/t26-,29-,30-,31-,32-,33-,34-,39-/m0/s1. The summed E-state index contributed by atoms with van der Waals surface area (Å²) in [5, 5.41) is 28.3. The molecule has 3 rings (SSSR count). The number of hydrogen-bond acceptors (Lipinski definition) is 14. The Bertz CT molecular complexity index is 2130. The third kappa shape index (κ3) is 18.8. The van der Waals surface area contributed by atoms with Crippen molar-refractivity contribution in [3.8, 4) is 5.75 Å². The van der Waals surface area contributed by atoms with Gasteiger partial charge in [0.2, 0.25) is 65.0 Å². The summed E-state index contributed by atoms with van der Waals surface area (Å²) in [6, 6.07) is -3.49. The molecule has 1 aromatic carbocycles. The summed E-state index contributed by atoms with van der Waals surface area (Å²) < 4.78 is -0.815. The first kappa shape index (κ1) is 60.2. The van der Waals surface area contributed by atoms with Gasteiger partial charge in [0, 0.05) is 36.3 Å². The van der Waals surface area contributed by atoms with Crippen LogP contribution in [0.3, 0.4) is 0 Å². The molecule has 8 atom stereocenters. The molecule has 0 saturated carbocycles. The first-order valence-corrected chi connectivity index (χ1v) is 26.6. The van der Waals surface area contributed by atoms with E-state index in [1.807, 2.05) is 27.7 Å². The maximum absolute atomic E-state index is 14.8. The van der Waals surface area contributed by atoms with E-state index in [9.17, 15) is 57.8 Å². The lowest BCUT2D eigenvalue weighted by Crippen LogP contribution is -2.61. The van der Waals surface area contributed by atoms with E-state index in [-0.39, 0.29) is 56.1 Å². The van der Waals surface area contributed by atoms with Gasteiger partial charge in [0.05, 0.1) is 13.0 Å². The molecule has 2 aliphatic rings. The molecule has 0 radical (unpaired) electrons. The average molecular weight is 1050 g/mol. The molecular weight excluding hydrogens is 975 g/mol. The van der Waals surface area contributed by atoms with E-state index in [1.54, 1.807) is 26.0 Å². The minimum atomic E-state index is -1.74. The lowest BCUT2D eigenvalue weighted by Gasteiger charge is -2.33. The van der Waals surface area contributed by atoms with Gasteiger partial charge in [-0.3, -0.25) is 52.7 Å². The molecule has 0 unspecified atom stereocenters. The van der Waals surface area contributed by atoms with Gasteiger partial charge in [-0.25, -0.2) is 0 Å². The number of aromatic hydroxyl groups is 1. The Morgan fingerprint density at radius 3 is 2.01 bits per heavy atom. The van der Waals surface area contributed by atoms with Crippen molar-refractivity contribution in [2.24, 2.45) is 29.0 Å². The number of primary amides is 3. The highest BCUT2D eigenvalue weighted by Crippen LogP contribution is 2.44. The molecule has 72 heavy (non-hydrogen) atoms. The van der Waals surface area contributed by atoms with Crippen LogP contribution in [-0.2, 0) is 59.2 Å². The Balaban J connectivity index is 2.14. The number of nitrogens with zero attached hydrogens (tertiary/aromatic N) is 1. The molecule has 23 nitrogen and oxygen atoms in total. The predicted molar refractivity (Wildman–Crippen MR) is 269 cm³/mol. The zero-order valence-electron chi connectivity index (χ0n) is 41.8. The number of hydrogen-bond donors (Lipinski definition) is 11. The summed E-state index contributed by atoms with van der Waals surface area (Å²) in [5.74, 6) is -9.73. The van der Waals surface area contributed by atoms with Crippen LogP contribution in [0.1, 0.15) is 111 Å². The highest BCUT2D eigenvalue weighted by molar-refractivity contribution is 8.77. The highest BCUT2D eigenvalue weighted by Gasteiger charge is 2.42. The number of amides is 11. The van der Waals surface area contributed by atoms with Crippen molar-refractivity contribution in [1.82, 2.24) is 42.1 Å². The predicted octanol–water partition coefficient (Wildman–Crippen LogP) is -0.987. The van der Waals surface area contributed by atoms with E-state index in [0.29, 0.717) is 31.2 Å². The van der Waals surface area contributed by atoms with Gasteiger partial charge in [0.15, 0.2) is 0 Å². The van der Waals surface area contributed by atoms with Gasteiger partial charge >= 0.3 is 0 Å². The molecule has 400 valence electrons. The van der Waals surface area contributed by atoms with Crippen LogP contribution in [0, 0.1) is 11.8 Å². The topological polar surface area (TPSA) is 374 Å². The monoisotopic (exact) mass is 1050 g/mol. The number of benzene rings is 1. The van der Waals surface area contributed by atoms with Crippen molar-refractivity contribution in [3.05, 3.63) is 29.8 Å². The van der Waals surface area contributed by atoms with E-state index < -0.39 is 137 Å². The van der Waals surface area contributed by atoms with Gasteiger partial charge in [0.1, 0.15) is 48.0 Å². The van der Waals surface area contributed by atoms with E-state index in [2.05, 4.69) is 37.2 Å². The molecule has 2 aliphatic heterocycles. The molecule has 1 aromatic rings. The Morgan fingerprint density at radius 2 is 1.43 bits per heavy atom. The van der Waals surface area contributed by atoms with Crippen LogP contribution in [0.4, 0.5) is 0 Å². The molecule has 0 aromatic heterocycles. The van der Waals surface area contributed by atoms with Crippen molar-refractivity contribution < 1.29 is 57.8 Å². The Kier molecular flexibility index (Phi) is 24.1. The lowest BCUT2D eigenvalue weighted by molar-refractivity contribution is -0.142. The molecule has 0 aliphatic carbocycles. The van der Waals surface area contributed by atoms with Gasteiger partial charge in [-0.1, -0.05) is 81.7 Å². The first-order valence-electron chi connectivity index (χ1n) is 24.3. The Hall–Kier alpha value is -6.11. The van der Waals surface area contributed by atoms with Crippen molar-refractivity contribution in [2.45, 2.75) is 159 Å². The number of carbonyl (C=O) groups is 11. The Morgan fingerprint density at radius 1 is 0.806 bits per heavy atom. The smallest absolute Gasteiger partial charge is 0.246 e. The SMILES string of the molecule is CC[C@H](C)[C@@H]1NC(=O)[C@H](Cc2ccc(O)cc2)NC(=O)CC(CC)(CC)SSC[C@@H](C(=O)N2CCC[C@H]2C(=O)N[C@@H](CC(C)C)C(=O)NCC(N)=O)NC(=O)[C@H](CC(N)=O)NC(=O)[C@H](CCC(N)=O)NC1=O. The summed E-state index contributed by atoms with van der Waals surface area (Å²) in [4.78, 5) is 150. The Labute approximate surface area is 427 Å². The second-order valence-corrected chi connectivity index (χ2v) is 21.5. The summed E-state index contributed by atoms with van der Waals surface area (Å²) in [7, 11) is 2.41. The number of phenols is 1. The van der Waals surface area contributed by atoms with Gasteiger partial charge in [-0.05, 0) is 68.1 Å². The van der Waals surface area contributed by atoms with Crippen molar-refractivity contribution in [1.29, 1.82) is 0 Å². The molecule has 2 fully saturated rings. The fraction of sp³-hybridized carbons (Fsp3) is 0.638. The average Bonchev–Trinajstić information content (AvgIpc) is 3.82. The number of carbonyl (C=O) groups excluding carboxylic acids is 11. The molecular formula is C47H73N11O12S2. The minimum absolute atomic E-state index is 0.0249. The largest absolute Gasteiger partial charge is 0.508 e. The van der Waals surface area contributed by atoms with Crippen LogP contribution < -0.4 is 54.4 Å². The molecule has 14 N–H and O–H groups in total. The second kappa shape index (κ2) is 28.8. The van der Waals surface area contributed by atoms with Crippen LogP contribution in [0.15, 0.2) is 24.3 Å². The normalized spacial score (nSPS) is 23.5. The van der Waals surface area contributed by atoms with Gasteiger partial charge in [-0.2, -0.15) is 0 Å². The molecule has 11 amide bonds. The summed E-state index contributed by atoms with van der Waals surface area (Å²) in [5.41, 5.74) is 16.8. The van der Waals surface area contributed by atoms with E-state index in [4.69, 9.17) is 17.2 Å². The van der Waals surface area contributed by atoms with Crippen LogP contribution in [-0.4, -0.2) is 141 Å². The number of phenolic OH excluding ortho intramolecular Hbond substituents is 1. The number of rotatable bonds is 19. The summed E-state index contributed by atoms with van der Waals surface area (Å²) in [6.45, 7) is 10.4. The zero-order chi connectivity index (χ0) is 53.9. The first-order chi connectivity index (χ1) is 33.9. The minimum Gasteiger partial charge on any atom is -0.508 e. The molecule has 2 heterocycles. The van der Waals surface area contributed by atoms with Crippen LogP contribution in [0.2, 0.25) is 0 Å². The number of likely N-dealkylation sites (tertiary alicyclic amines) is 1. The van der Waals surface area contributed by atoms with E-state index in [0.717, 1.165) is 10.8 Å². The highest BCUT2D eigenvalue weighted by atomic mass is 33.1. The van der Waals surface area contributed by atoms with Gasteiger partial charge < -0.3 is 64.4 Å². The maximum Gasteiger partial charge on any atom is 0.246 e. The quantitative estimate of drug-likeness (QED) is 0.0742. The number of nitrogens with two attached hydrogens (primary N) is 3. The van der Waals surface area contributed by atoms with E-state index in [1.165, 1.54) is 27.8 Å². The summed E-state index contributed by atoms with van der Waals surface area (Å²) >= 11 is 0. The van der Waals surface area contributed by atoms with Crippen LogP contribution >= 0.6 is 21.6 Å². The van der Waals surface area contributed by atoms with Gasteiger partial charge in [-0.15, -0.1) is 0 Å². The maximum atomic E-state index is 14.8. The molecule has 0 bridgehead atoms. The molecule has 0 spiro atoms. The fourth-order valence-electron chi connectivity index (χ4n) is 8.16. The third-order valence-corrected chi connectivity index (χ3v) is 16.1. The molecule has 25 heteroatoms. The van der Waals surface area contributed by atoms with Crippen LogP contribution in [0.5, 0.6) is 5.75 Å². The third-order valence-electron chi connectivity index (χ3n) is 12.6. The molecule has 2 saturated heterocycles. The van der Waals surface area contributed by atoms with Crippen molar-refractivity contribution in [3.63, 3.8) is 0 Å². The van der Waals surface area contributed by atoms with Crippen LogP contribution in [0.25, 0.3) is 0 Å². The van der Waals surface area contributed by atoms with Crippen molar-refractivity contribution in [2.75, 3.05) is 18.8 Å². The van der Waals surface area contributed by atoms with Gasteiger partial charge in [0.25, 0.3) is 0 Å². The zero-order valence-corrected chi connectivity index (χ0v) is 43.5. The number of nitrogens with one attached hydrogen (secondary N) is 7. The lowest BCUT2D eigenvalue weighted by atomic mass is 9.95. The van der Waals surface area contributed by atoms with E-state index >= 15 is 0 Å². The second-order valence-electron chi connectivity index (χ2n) is 18.7. The fourth-order valence-corrected chi connectivity index (χ4v) is 11.5.